The first kappa shape index (κ1) is 10.8. The van der Waals surface area contributed by atoms with Crippen LogP contribution in [0.3, 0.4) is 0 Å². The molecule has 86 valence electrons. The molecule has 4 nitrogen and oxygen atoms in total. The van der Waals surface area contributed by atoms with Crippen LogP contribution in [0.1, 0.15) is 32.3 Å². The van der Waals surface area contributed by atoms with Crippen molar-refractivity contribution in [3.8, 4) is 0 Å². The highest BCUT2D eigenvalue weighted by Gasteiger charge is 2.38. The predicted octanol–water partition coefficient (Wildman–Crippen LogP) is 2.85. The Kier molecular flexibility index (Phi) is 2.50. The summed E-state index contributed by atoms with van der Waals surface area (Å²) >= 11 is 0. The number of ether oxygens (including phenoxy) is 1. The van der Waals surface area contributed by atoms with Gasteiger partial charge >= 0.3 is 6.09 Å². The lowest BCUT2D eigenvalue weighted by Crippen LogP contribution is -2.38. The van der Waals surface area contributed by atoms with Crippen molar-refractivity contribution in [1.82, 2.24) is 0 Å². The van der Waals surface area contributed by atoms with Gasteiger partial charge in [0.1, 0.15) is 5.60 Å². The Morgan fingerprint density at radius 2 is 2.06 bits per heavy atom. The number of rotatable bonds is 2. The fourth-order valence-electron chi connectivity index (χ4n) is 2.19. The average molecular weight is 220 g/mol. The number of carbonyl (C=O) groups excluding carboxylic acids is 1. The summed E-state index contributed by atoms with van der Waals surface area (Å²) in [7, 11) is 0. The third-order valence-electron chi connectivity index (χ3n) is 3.20. The first-order chi connectivity index (χ1) is 7.61. The highest BCUT2D eigenvalue weighted by molar-refractivity contribution is 5.89. The van der Waals surface area contributed by atoms with Gasteiger partial charge in [0, 0.05) is 11.3 Å². The SMILES string of the molecule is CCC1(CC)OC(=O)Nc2ccc(N)cc21. The summed E-state index contributed by atoms with van der Waals surface area (Å²) in [6.45, 7) is 4.02. The predicted molar refractivity (Wildman–Crippen MR) is 63.2 cm³/mol. The maximum Gasteiger partial charge on any atom is 0.412 e. The second-order valence-electron chi connectivity index (χ2n) is 4.02. The number of nitrogens with two attached hydrogens (primary N) is 1. The molecule has 0 aliphatic carbocycles. The van der Waals surface area contributed by atoms with E-state index in [1.165, 1.54) is 0 Å². The number of nitrogens with one attached hydrogen (secondary N) is 1. The van der Waals surface area contributed by atoms with Crippen LogP contribution in [0.25, 0.3) is 0 Å². The molecule has 0 unspecified atom stereocenters. The average Bonchev–Trinajstić information content (AvgIpc) is 2.28. The van der Waals surface area contributed by atoms with Crippen LogP contribution in [0, 0.1) is 0 Å². The number of hydrogen-bond acceptors (Lipinski definition) is 3. The molecule has 0 saturated heterocycles. The molecule has 1 aromatic rings. The lowest BCUT2D eigenvalue weighted by atomic mass is 9.86. The van der Waals surface area contributed by atoms with Crippen molar-refractivity contribution < 1.29 is 9.53 Å². The third-order valence-corrected chi connectivity index (χ3v) is 3.20. The van der Waals surface area contributed by atoms with Gasteiger partial charge in [-0.05, 0) is 31.0 Å². The van der Waals surface area contributed by atoms with Gasteiger partial charge in [-0.2, -0.15) is 0 Å². The summed E-state index contributed by atoms with van der Waals surface area (Å²) in [5.74, 6) is 0. The number of fused-ring (bicyclic) bond motifs is 1. The maximum atomic E-state index is 11.5. The van der Waals surface area contributed by atoms with Gasteiger partial charge in [0.05, 0.1) is 5.69 Å². The molecule has 3 N–H and O–H groups in total. The second kappa shape index (κ2) is 3.70. The van der Waals surface area contributed by atoms with Crippen LogP contribution in [0.4, 0.5) is 16.2 Å². The number of benzene rings is 1. The van der Waals surface area contributed by atoms with E-state index in [1.54, 1.807) is 6.07 Å². The van der Waals surface area contributed by atoms with Crippen LogP contribution in [-0.4, -0.2) is 6.09 Å². The molecular formula is C12H16N2O2. The molecule has 4 heteroatoms. The van der Waals surface area contributed by atoms with Crippen molar-refractivity contribution in [3.63, 3.8) is 0 Å². The molecular weight excluding hydrogens is 204 g/mol. The van der Waals surface area contributed by atoms with Gasteiger partial charge in [0.25, 0.3) is 0 Å². The van der Waals surface area contributed by atoms with E-state index in [9.17, 15) is 4.79 Å². The van der Waals surface area contributed by atoms with Gasteiger partial charge in [-0.15, -0.1) is 0 Å². The van der Waals surface area contributed by atoms with Crippen molar-refractivity contribution >= 4 is 17.5 Å². The van der Waals surface area contributed by atoms with Gasteiger partial charge in [0.2, 0.25) is 0 Å². The Labute approximate surface area is 94.8 Å². The molecule has 0 aromatic heterocycles. The molecule has 0 spiro atoms. The Bertz CT molecular complexity index is 425. The van der Waals surface area contributed by atoms with Crippen molar-refractivity contribution in [2.24, 2.45) is 0 Å². The Hall–Kier alpha value is -1.71. The molecule has 1 aromatic carbocycles. The molecule has 0 atom stereocenters. The Balaban J connectivity index is 2.59. The van der Waals surface area contributed by atoms with Crippen molar-refractivity contribution in [1.29, 1.82) is 0 Å². The molecule has 1 aliphatic heterocycles. The summed E-state index contributed by atoms with van der Waals surface area (Å²) in [4.78, 5) is 11.5. The molecule has 1 aliphatic rings. The van der Waals surface area contributed by atoms with Gasteiger partial charge < -0.3 is 10.5 Å². The quantitative estimate of drug-likeness (QED) is 0.753. The zero-order valence-electron chi connectivity index (χ0n) is 9.54. The second-order valence-corrected chi connectivity index (χ2v) is 4.02. The van der Waals surface area contributed by atoms with Crippen LogP contribution in [-0.2, 0) is 10.3 Å². The zero-order chi connectivity index (χ0) is 11.8. The normalized spacial score (nSPS) is 17.2. The number of nitrogen functional groups attached to an aromatic ring is 1. The minimum atomic E-state index is -0.535. The number of amides is 1. The van der Waals surface area contributed by atoms with Crippen molar-refractivity contribution in [2.75, 3.05) is 11.1 Å². The molecule has 16 heavy (non-hydrogen) atoms. The van der Waals surface area contributed by atoms with Gasteiger partial charge in [-0.25, -0.2) is 4.79 Å². The number of cyclic esters (lactones) is 1. The third kappa shape index (κ3) is 1.50. The van der Waals surface area contributed by atoms with Gasteiger partial charge in [-0.1, -0.05) is 13.8 Å². The molecule has 1 amide bonds. The van der Waals surface area contributed by atoms with Gasteiger partial charge in [-0.3, -0.25) is 5.32 Å². The van der Waals surface area contributed by atoms with E-state index in [0.717, 1.165) is 24.1 Å². The van der Waals surface area contributed by atoms with E-state index in [2.05, 4.69) is 5.32 Å². The highest BCUT2D eigenvalue weighted by atomic mass is 16.6. The fourth-order valence-corrected chi connectivity index (χ4v) is 2.19. The molecule has 1 heterocycles. The summed E-state index contributed by atoms with van der Waals surface area (Å²) in [6, 6.07) is 5.48. The summed E-state index contributed by atoms with van der Waals surface area (Å²) in [5, 5.41) is 2.69. The van der Waals surface area contributed by atoms with Gasteiger partial charge in [0.15, 0.2) is 0 Å². The molecule has 2 rings (SSSR count). The van der Waals surface area contributed by atoms with E-state index in [-0.39, 0.29) is 6.09 Å². The maximum absolute atomic E-state index is 11.5. The van der Waals surface area contributed by atoms with E-state index >= 15 is 0 Å². The topological polar surface area (TPSA) is 64.3 Å². The first-order valence-corrected chi connectivity index (χ1v) is 5.51. The number of carbonyl (C=O) groups is 1. The largest absolute Gasteiger partial charge is 0.438 e. The van der Waals surface area contributed by atoms with Crippen LogP contribution in [0.5, 0.6) is 0 Å². The fraction of sp³-hybridized carbons (Fsp3) is 0.417. The molecule has 0 saturated carbocycles. The monoisotopic (exact) mass is 220 g/mol. The summed E-state index contributed by atoms with van der Waals surface area (Å²) < 4.78 is 5.45. The number of anilines is 2. The molecule has 0 bridgehead atoms. The van der Waals surface area contributed by atoms with Crippen molar-refractivity contribution in [2.45, 2.75) is 32.3 Å². The molecule has 0 fully saturated rings. The first-order valence-electron chi connectivity index (χ1n) is 5.51. The van der Waals surface area contributed by atoms with E-state index in [4.69, 9.17) is 10.5 Å². The smallest absolute Gasteiger partial charge is 0.412 e. The van der Waals surface area contributed by atoms with E-state index < -0.39 is 5.60 Å². The minimum Gasteiger partial charge on any atom is -0.438 e. The zero-order valence-corrected chi connectivity index (χ0v) is 9.54. The lowest BCUT2D eigenvalue weighted by molar-refractivity contribution is 0.00477. The Morgan fingerprint density at radius 3 is 2.69 bits per heavy atom. The Morgan fingerprint density at radius 1 is 1.38 bits per heavy atom. The minimum absolute atomic E-state index is 0.388. The number of hydrogen-bond donors (Lipinski definition) is 2. The highest BCUT2D eigenvalue weighted by Crippen LogP contribution is 2.41. The molecule has 0 radical (unpaired) electrons. The summed E-state index contributed by atoms with van der Waals surface area (Å²) in [6.07, 6.45) is 1.10. The van der Waals surface area contributed by atoms with Crippen LogP contribution >= 0.6 is 0 Å². The van der Waals surface area contributed by atoms with Crippen LogP contribution in [0.2, 0.25) is 0 Å². The van der Waals surface area contributed by atoms with Crippen molar-refractivity contribution in [3.05, 3.63) is 23.8 Å². The lowest BCUT2D eigenvalue weighted by Gasteiger charge is -2.37. The van der Waals surface area contributed by atoms with Crippen LogP contribution in [0.15, 0.2) is 18.2 Å². The standard InChI is InChI=1S/C12H16N2O2/c1-3-12(4-2)9-7-8(13)5-6-10(9)14-11(15)16-12/h5-7H,3-4,13H2,1-2H3,(H,14,15). The van der Waals surface area contributed by atoms with E-state index in [1.807, 2.05) is 26.0 Å². The van der Waals surface area contributed by atoms with E-state index in [0.29, 0.717) is 5.69 Å². The van der Waals surface area contributed by atoms with Crippen LogP contribution < -0.4 is 11.1 Å². The summed E-state index contributed by atoms with van der Waals surface area (Å²) in [5.41, 5.74) is 7.70.